The van der Waals surface area contributed by atoms with Crippen molar-refractivity contribution >= 4 is 0 Å². The first-order valence-electron chi connectivity index (χ1n) is 6.05. The highest BCUT2D eigenvalue weighted by molar-refractivity contribution is 5.05. The Morgan fingerprint density at radius 2 is 2.19 bits per heavy atom. The molecule has 16 heavy (non-hydrogen) atoms. The van der Waals surface area contributed by atoms with E-state index in [1.165, 1.54) is 6.42 Å². The molecule has 1 atom stereocenters. The smallest absolute Gasteiger partial charge is 0.118 e. The molecule has 1 unspecified atom stereocenters. The molecule has 0 saturated heterocycles. The van der Waals surface area contributed by atoms with Crippen molar-refractivity contribution in [1.29, 1.82) is 0 Å². The summed E-state index contributed by atoms with van der Waals surface area (Å²) in [6, 6.07) is 4.07. The Kier molecular flexibility index (Phi) is 5.56. The van der Waals surface area contributed by atoms with Gasteiger partial charge in [0.1, 0.15) is 11.5 Å². The second-order valence-corrected chi connectivity index (χ2v) is 4.75. The Morgan fingerprint density at radius 3 is 2.75 bits per heavy atom. The predicted octanol–water partition coefficient (Wildman–Crippen LogP) is 2.39. The molecule has 3 nitrogen and oxygen atoms in total. The van der Waals surface area contributed by atoms with Crippen LogP contribution in [0.1, 0.15) is 31.3 Å². The van der Waals surface area contributed by atoms with E-state index in [9.17, 15) is 0 Å². The topological polar surface area (TPSA) is 42.4 Å². The molecule has 1 heterocycles. The van der Waals surface area contributed by atoms with Crippen molar-refractivity contribution in [3.63, 3.8) is 0 Å². The molecule has 92 valence electrons. The molecule has 0 saturated carbocycles. The van der Waals surface area contributed by atoms with Crippen molar-refractivity contribution < 1.29 is 4.42 Å². The van der Waals surface area contributed by atoms with Crippen LogP contribution in [0.25, 0.3) is 0 Å². The average molecular weight is 224 g/mol. The van der Waals surface area contributed by atoms with Gasteiger partial charge in [0.2, 0.25) is 0 Å². The van der Waals surface area contributed by atoms with Gasteiger partial charge in [-0.05, 0) is 51.4 Å². The maximum absolute atomic E-state index is 5.56. The minimum atomic E-state index is 0.699. The first-order chi connectivity index (χ1) is 7.61. The van der Waals surface area contributed by atoms with Gasteiger partial charge in [0.25, 0.3) is 0 Å². The quantitative estimate of drug-likeness (QED) is 0.773. The molecule has 0 aromatic carbocycles. The van der Waals surface area contributed by atoms with Crippen LogP contribution in [0.4, 0.5) is 0 Å². The second kappa shape index (κ2) is 6.71. The van der Waals surface area contributed by atoms with Gasteiger partial charge >= 0.3 is 0 Å². The highest BCUT2D eigenvalue weighted by Gasteiger charge is 2.08. The zero-order valence-corrected chi connectivity index (χ0v) is 10.7. The summed E-state index contributed by atoms with van der Waals surface area (Å²) in [4.78, 5) is 2.31. The highest BCUT2D eigenvalue weighted by atomic mass is 16.3. The molecule has 3 heteroatoms. The number of hydrogen-bond donors (Lipinski definition) is 1. The molecule has 0 aliphatic carbocycles. The van der Waals surface area contributed by atoms with Crippen LogP contribution in [-0.2, 0) is 6.54 Å². The molecule has 0 fully saturated rings. The Hall–Kier alpha value is -0.800. The molecule has 0 bridgehead atoms. The number of nitrogens with two attached hydrogens (primary N) is 1. The Bertz CT molecular complexity index is 296. The largest absolute Gasteiger partial charge is 0.465 e. The van der Waals surface area contributed by atoms with Crippen molar-refractivity contribution in [3.05, 3.63) is 23.7 Å². The third kappa shape index (κ3) is 4.81. The van der Waals surface area contributed by atoms with E-state index in [0.717, 1.165) is 37.6 Å². The van der Waals surface area contributed by atoms with E-state index in [0.29, 0.717) is 5.92 Å². The lowest BCUT2D eigenvalue weighted by atomic mass is 10.1. The maximum atomic E-state index is 5.56. The Balaban J connectivity index is 2.27. The summed E-state index contributed by atoms with van der Waals surface area (Å²) >= 11 is 0. The zero-order valence-electron chi connectivity index (χ0n) is 10.7. The van der Waals surface area contributed by atoms with Crippen molar-refractivity contribution in [3.8, 4) is 0 Å². The second-order valence-electron chi connectivity index (χ2n) is 4.75. The van der Waals surface area contributed by atoms with Gasteiger partial charge in [-0.3, -0.25) is 4.90 Å². The molecular weight excluding hydrogens is 200 g/mol. The van der Waals surface area contributed by atoms with E-state index in [-0.39, 0.29) is 0 Å². The summed E-state index contributed by atoms with van der Waals surface area (Å²) in [7, 11) is 2.14. The molecule has 0 amide bonds. The fraction of sp³-hybridized carbons (Fsp3) is 0.692. The van der Waals surface area contributed by atoms with E-state index in [4.69, 9.17) is 10.2 Å². The van der Waals surface area contributed by atoms with Gasteiger partial charge < -0.3 is 10.2 Å². The summed E-state index contributed by atoms with van der Waals surface area (Å²) in [6.45, 7) is 7.04. The van der Waals surface area contributed by atoms with Crippen molar-refractivity contribution in [2.24, 2.45) is 11.7 Å². The van der Waals surface area contributed by atoms with Gasteiger partial charge in [-0.1, -0.05) is 6.92 Å². The van der Waals surface area contributed by atoms with Crippen LogP contribution in [0.2, 0.25) is 0 Å². The molecule has 0 radical (unpaired) electrons. The predicted molar refractivity (Wildman–Crippen MR) is 67.2 cm³/mol. The molecule has 1 aromatic heterocycles. The van der Waals surface area contributed by atoms with E-state index < -0.39 is 0 Å². The lowest BCUT2D eigenvalue weighted by Crippen LogP contribution is -2.24. The summed E-state index contributed by atoms with van der Waals surface area (Å²) in [5.41, 5.74) is 5.51. The normalized spacial score (nSPS) is 13.3. The standard InChI is InChI=1S/C13H24N2O/c1-11(5-4-8-14)9-15(3)10-13-7-6-12(2)16-13/h6-7,11H,4-5,8-10,14H2,1-3H3. The van der Waals surface area contributed by atoms with Crippen LogP contribution in [0.3, 0.4) is 0 Å². The molecule has 0 aliphatic rings. The number of aryl methyl sites for hydroxylation is 1. The number of furan rings is 1. The van der Waals surface area contributed by atoms with Crippen LogP contribution >= 0.6 is 0 Å². The van der Waals surface area contributed by atoms with Crippen LogP contribution < -0.4 is 5.73 Å². The summed E-state index contributed by atoms with van der Waals surface area (Å²) in [6.07, 6.45) is 2.33. The van der Waals surface area contributed by atoms with Crippen LogP contribution in [-0.4, -0.2) is 25.0 Å². The number of rotatable bonds is 7. The number of nitrogens with zero attached hydrogens (tertiary/aromatic N) is 1. The molecular formula is C13H24N2O. The van der Waals surface area contributed by atoms with Gasteiger partial charge in [0.05, 0.1) is 6.54 Å². The molecule has 1 aromatic rings. The first kappa shape index (κ1) is 13.3. The molecule has 0 aliphatic heterocycles. The maximum Gasteiger partial charge on any atom is 0.118 e. The van der Waals surface area contributed by atoms with Gasteiger partial charge in [-0.25, -0.2) is 0 Å². The van der Waals surface area contributed by atoms with Gasteiger partial charge in [0, 0.05) is 6.54 Å². The van der Waals surface area contributed by atoms with Crippen molar-refractivity contribution in [1.82, 2.24) is 4.90 Å². The third-order valence-corrected chi connectivity index (χ3v) is 2.75. The minimum Gasteiger partial charge on any atom is -0.465 e. The highest BCUT2D eigenvalue weighted by Crippen LogP contribution is 2.11. The molecule has 2 N–H and O–H groups in total. The van der Waals surface area contributed by atoms with E-state index in [2.05, 4.69) is 24.9 Å². The van der Waals surface area contributed by atoms with Crippen molar-refractivity contribution in [2.75, 3.05) is 20.1 Å². The van der Waals surface area contributed by atoms with Crippen LogP contribution in [0, 0.1) is 12.8 Å². The van der Waals surface area contributed by atoms with Gasteiger partial charge in [0.15, 0.2) is 0 Å². The van der Waals surface area contributed by atoms with Gasteiger partial charge in [-0.2, -0.15) is 0 Å². The van der Waals surface area contributed by atoms with Crippen LogP contribution in [0.15, 0.2) is 16.5 Å². The van der Waals surface area contributed by atoms with E-state index >= 15 is 0 Å². The summed E-state index contributed by atoms with van der Waals surface area (Å²) in [5, 5.41) is 0. The summed E-state index contributed by atoms with van der Waals surface area (Å²) < 4.78 is 5.56. The van der Waals surface area contributed by atoms with Crippen LogP contribution in [0.5, 0.6) is 0 Å². The third-order valence-electron chi connectivity index (χ3n) is 2.75. The SMILES string of the molecule is Cc1ccc(CN(C)CC(C)CCCN)o1. The van der Waals surface area contributed by atoms with E-state index in [1.807, 2.05) is 13.0 Å². The first-order valence-corrected chi connectivity index (χ1v) is 6.05. The summed E-state index contributed by atoms with van der Waals surface area (Å²) in [5.74, 6) is 2.73. The molecule has 0 spiro atoms. The van der Waals surface area contributed by atoms with Gasteiger partial charge in [-0.15, -0.1) is 0 Å². The fourth-order valence-electron chi connectivity index (χ4n) is 1.99. The minimum absolute atomic E-state index is 0.699. The number of hydrogen-bond acceptors (Lipinski definition) is 3. The van der Waals surface area contributed by atoms with E-state index in [1.54, 1.807) is 0 Å². The Labute approximate surface area is 98.6 Å². The fourth-order valence-corrected chi connectivity index (χ4v) is 1.99. The lowest BCUT2D eigenvalue weighted by molar-refractivity contribution is 0.248. The molecule has 1 rings (SSSR count). The Morgan fingerprint density at radius 1 is 1.44 bits per heavy atom. The lowest BCUT2D eigenvalue weighted by Gasteiger charge is -2.20. The monoisotopic (exact) mass is 224 g/mol. The zero-order chi connectivity index (χ0) is 12.0. The average Bonchev–Trinajstić information content (AvgIpc) is 2.60. The van der Waals surface area contributed by atoms with Crippen molar-refractivity contribution in [2.45, 2.75) is 33.2 Å².